The van der Waals surface area contributed by atoms with Crippen LogP contribution in [0.5, 0.6) is 0 Å². The fourth-order valence-electron chi connectivity index (χ4n) is 4.31. The summed E-state index contributed by atoms with van der Waals surface area (Å²) >= 11 is 0. The second-order valence-corrected chi connectivity index (χ2v) is 11.3. The molecule has 6 rings (SSSR count). The second kappa shape index (κ2) is 9.14. The Morgan fingerprint density at radius 2 is 1.89 bits per heavy atom. The van der Waals surface area contributed by atoms with Gasteiger partial charge in [0, 0.05) is 29.8 Å². The summed E-state index contributed by atoms with van der Waals surface area (Å²) in [4.78, 5) is 30.2. The first kappa shape index (κ1) is 24.4. The van der Waals surface area contributed by atoms with Crippen molar-refractivity contribution in [2.45, 2.75) is 36.3 Å². The molecule has 1 aromatic carbocycles. The smallest absolute Gasteiger partial charge is 0.259 e. The van der Waals surface area contributed by atoms with Gasteiger partial charge in [-0.1, -0.05) is 6.07 Å². The molecule has 4 heterocycles. The Bertz CT molecular complexity index is 1700. The lowest BCUT2D eigenvalue weighted by molar-refractivity contribution is 0.0949. The zero-order chi connectivity index (χ0) is 26.5. The Labute approximate surface area is 216 Å². The molecule has 9 nitrogen and oxygen atoms in total. The lowest BCUT2D eigenvalue weighted by atomic mass is 10.1. The summed E-state index contributed by atoms with van der Waals surface area (Å²) in [5.74, 6) is -4.20. The topological polar surface area (TPSA) is 124 Å². The first-order valence-electron chi connectivity index (χ1n) is 11.9. The molecule has 12 heteroatoms. The van der Waals surface area contributed by atoms with Crippen LogP contribution < -0.4 is 5.32 Å². The minimum atomic E-state index is -3.53. The number of ether oxygens (including phenoxy) is 1. The third-order valence-corrected chi connectivity index (χ3v) is 8.31. The number of rotatable bonds is 5. The Morgan fingerprint density at radius 3 is 2.71 bits per heavy atom. The number of pyridine rings is 2. The molecule has 2 aliphatic rings. The Balaban J connectivity index is 1.20. The van der Waals surface area contributed by atoms with E-state index < -0.39 is 27.6 Å². The third kappa shape index (κ3) is 4.72. The van der Waals surface area contributed by atoms with E-state index in [2.05, 4.69) is 25.3 Å². The van der Waals surface area contributed by atoms with E-state index in [4.69, 9.17) is 4.74 Å². The van der Waals surface area contributed by atoms with Crippen LogP contribution >= 0.6 is 0 Å². The summed E-state index contributed by atoms with van der Waals surface area (Å²) in [6.45, 7) is 0.370. The predicted octanol–water partition coefficient (Wildman–Crippen LogP) is 3.44. The van der Waals surface area contributed by atoms with Gasteiger partial charge in [0.2, 0.25) is 0 Å². The number of nitrogens with one attached hydrogen (secondary N) is 1. The van der Waals surface area contributed by atoms with E-state index in [0.717, 1.165) is 5.39 Å². The monoisotopic (exact) mass is 537 g/mol. The van der Waals surface area contributed by atoms with Gasteiger partial charge in [-0.2, -0.15) is 0 Å². The predicted molar refractivity (Wildman–Crippen MR) is 132 cm³/mol. The number of amides is 1. The summed E-state index contributed by atoms with van der Waals surface area (Å²) in [5, 5.41) is 3.52. The molecule has 1 N–H and O–H groups in total. The van der Waals surface area contributed by atoms with Gasteiger partial charge in [0.25, 0.3) is 11.8 Å². The van der Waals surface area contributed by atoms with Gasteiger partial charge in [0.05, 0.1) is 58.9 Å². The molecule has 0 spiro atoms. The number of aromatic nitrogens is 4. The van der Waals surface area contributed by atoms with Gasteiger partial charge in [-0.25, -0.2) is 32.2 Å². The van der Waals surface area contributed by atoms with Crippen molar-refractivity contribution in [3.63, 3.8) is 0 Å². The fraction of sp³-hybridized carbons (Fsp3) is 0.269. The van der Waals surface area contributed by atoms with Gasteiger partial charge in [-0.3, -0.25) is 9.78 Å². The van der Waals surface area contributed by atoms with Gasteiger partial charge < -0.3 is 10.1 Å². The first-order chi connectivity index (χ1) is 18.2. The fourth-order valence-corrected chi connectivity index (χ4v) is 5.70. The van der Waals surface area contributed by atoms with Gasteiger partial charge in [-0.05, 0) is 42.0 Å². The third-order valence-electron chi connectivity index (χ3n) is 6.55. The zero-order valence-electron chi connectivity index (χ0n) is 19.9. The number of hydrogen-bond donors (Lipinski definition) is 1. The average molecular weight is 538 g/mol. The molecule has 0 saturated heterocycles. The van der Waals surface area contributed by atoms with Gasteiger partial charge in [0.15, 0.2) is 9.84 Å². The standard InChI is InChI=1S/C26H21F2N5O4S/c27-26(28)11-19(26)24-29-6-5-21(33-24)20-4-3-16-12-30-18(10-22(16)32-20)13-31-25(34)15-1-2-17-14-37-7-8-38(35,36)23(17)9-15/h1-6,9-10,12,19H,7-8,11,13-14H2,(H,31,34)/t19-/m1/s1. The van der Waals surface area contributed by atoms with Gasteiger partial charge in [-0.15, -0.1) is 0 Å². The summed E-state index contributed by atoms with van der Waals surface area (Å²) in [6, 6.07) is 11.4. The lowest BCUT2D eigenvalue weighted by Crippen LogP contribution is -2.23. The minimum Gasteiger partial charge on any atom is -0.376 e. The van der Waals surface area contributed by atoms with Crippen LogP contribution in [0.3, 0.4) is 0 Å². The minimum absolute atomic E-state index is 0.0854. The number of carbonyl (C=O) groups is 1. The molecular weight excluding hydrogens is 516 g/mol. The van der Waals surface area contributed by atoms with Crippen LogP contribution in [0.4, 0.5) is 8.78 Å². The van der Waals surface area contributed by atoms with Crippen molar-refractivity contribution in [2.24, 2.45) is 0 Å². The van der Waals surface area contributed by atoms with Crippen LogP contribution in [0.25, 0.3) is 22.3 Å². The molecule has 3 aromatic heterocycles. The van der Waals surface area contributed by atoms with Crippen molar-refractivity contribution in [2.75, 3.05) is 12.4 Å². The van der Waals surface area contributed by atoms with E-state index in [0.29, 0.717) is 28.2 Å². The van der Waals surface area contributed by atoms with E-state index in [-0.39, 0.29) is 48.2 Å². The summed E-state index contributed by atoms with van der Waals surface area (Å²) < 4.78 is 57.3. The van der Waals surface area contributed by atoms with Crippen LogP contribution in [0.2, 0.25) is 0 Å². The molecule has 194 valence electrons. The van der Waals surface area contributed by atoms with E-state index in [9.17, 15) is 22.0 Å². The average Bonchev–Trinajstić information content (AvgIpc) is 3.60. The molecule has 0 unspecified atom stereocenters. The normalized spacial score (nSPS) is 19.4. The molecule has 1 amide bonds. The van der Waals surface area contributed by atoms with Crippen molar-refractivity contribution >= 4 is 26.6 Å². The van der Waals surface area contributed by atoms with E-state index in [1.54, 1.807) is 42.6 Å². The first-order valence-corrected chi connectivity index (χ1v) is 13.5. The quantitative estimate of drug-likeness (QED) is 0.411. The van der Waals surface area contributed by atoms with E-state index in [1.165, 1.54) is 12.3 Å². The lowest BCUT2D eigenvalue weighted by Gasteiger charge is -2.10. The van der Waals surface area contributed by atoms with Crippen molar-refractivity contribution in [1.29, 1.82) is 0 Å². The Kier molecular flexibility index (Phi) is 5.88. The summed E-state index contributed by atoms with van der Waals surface area (Å²) in [6.07, 6.45) is 2.82. The van der Waals surface area contributed by atoms with Crippen LogP contribution in [0.15, 0.2) is 59.8 Å². The molecule has 1 atom stereocenters. The highest BCUT2D eigenvalue weighted by Crippen LogP contribution is 2.54. The van der Waals surface area contributed by atoms with Crippen molar-refractivity contribution in [3.8, 4) is 11.4 Å². The van der Waals surface area contributed by atoms with Crippen molar-refractivity contribution in [1.82, 2.24) is 25.3 Å². The molecule has 38 heavy (non-hydrogen) atoms. The Hall–Kier alpha value is -3.90. The summed E-state index contributed by atoms with van der Waals surface area (Å²) in [5.41, 5.74) is 2.81. The number of carbonyl (C=O) groups excluding carboxylic acids is 1. The molecule has 0 radical (unpaired) electrons. The number of halogens is 2. The van der Waals surface area contributed by atoms with Gasteiger partial charge in [0.1, 0.15) is 5.82 Å². The molecule has 1 saturated carbocycles. The zero-order valence-corrected chi connectivity index (χ0v) is 20.7. The van der Waals surface area contributed by atoms with Crippen LogP contribution in [-0.4, -0.2) is 52.5 Å². The SMILES string of the molecule is O=C(NCc1cc2nc(-c3ccnc([C@H]4CC4(F)F)n3)ccc2cn1)c1ccc2c(c1)S(=O)(=O)CCOC2. The highest BCUT2D eigenvalue weighted by atomic mass is 32.2. The van der Waals surface area contributed by atoms with Crippen molar-refractivity contribution < 1.29 is 26.7 Å². The molecule has 1 fully saturated rings. The molecule has 1 aliphatic carbocycles. The van der Waals surface area contributed by atoms with E-state index >= 15 is 0 Å². The maximum absolute atomic E-state index is 13.5. The van der Waals surface area contributed by atoms with Crippen LogP contribution in [0.1, 0.15) is 39.8 Å². The summed E-state index contributed by atoms with van der Waals surface area (Å²) in [7, 11) is -3.53. The highest BCUT2D eigenvalue weighted by Gasteiger charge is 2.59. The number of hydrogen-bond acceptors (Lipinski definition) is 8. The molecule has 4 aromatic rings. The largest absolute Gasteiger partial charge is 0.376 e. The maximum atomic E-state index is 13.5. The molecule has 0 bridgehead atoms. The number of sulfone groups is 1. The second-order valence-electron chi connectivity index (χ2n) is 9.26. The number of alkyl halides is 2. The highest BCUT2D eigenvalue weighted by molar-refractivity contribution is 7.91. The van der Waals surface area contributed by atoms with Crippen molar-refractivity contribution in [3.05, 3.63) is 77.5 Å². The molecular formula is C26H21F2N5O4S. The van der Waals surface area contributed by atoms with E-state index in [1.807, 2.05) is 0 Å². The van der Waals surface area contributed by atoms with Crippen LogP contribution in [-0.2, 0) is 27.7 Å². The number of fused-ring (bicyclic) bond motifs is 2. The molecule has 1 aliphatic heterocycles. The maximum Gasteiger partial charge on any atom is 0.259 e. The van der Waals surface area contributed by atoms with Gasteiger partial charge >= 0.3 is 0 Å². The number of benzene rings is 1. The Morgan fingerprint density at radius 1 is 1.08 bits per heavy atom. The van der Waals surface area contributed by atoms with Crippen LogP contribution in [0, 0.1) is 0 Å². The number of nitrogens with zero attached hydrogens (tertiary/aromatic N) is 4.